The maximum atomic E-state index is 11.6. The standard InChI is InChI=1S/C14H15OS2/c1-11(15)13(14-16-9-10-17-14)8-7-12-5-3-2-4-6-12/h2-7H,8-10H2,1H3. The summed E-state index contributed by atoms with van der Waals surface area (Å²) in [5.74, 6) is 2.46. The van der Waals surface area contributed by atoms with E-state index in [0.717, 1.165) is 23.5 Å². The SMILES string of the molecule is CC(=O)C(C[CH]c1ccccc1)=C1SCCS1. The molecular formula is C14H15OS2. The summed E-state index contributed by atoms with van der Waals surface area (Å²) in [6.45, 7) is 1.67. The van der Waals surface area contributed by atoms with Crippen molar-refractivity contribution in [2.24, 2.45) is 0 Å². The topological polar surface area (TPSA) is 17.1 Å². The lowest BCUT2D eigenvalue weighted by molar-refractivity contribution is -0.113. The lowest BCUT2D eigenvalue weighted by Gasteiger charge is -2.07. The molecule has 1 fully saturated rings. The number of Topliss-reactive ketones (excluding diaryl/α,β-unsaturated/α-hetero) is 1. The van der Waals surface area contributed by atoms with Crippen molar-refractivity contribution in [3.05, 3.63) is 52.1 Å². The van der Waals surface area contributed by atoms with Crippen LogP contribution in [0, 0.1) is 6.42 Å². The number of carbonyl (C=O) groups excluding carboxylic acids is 1. The maximum Gasteiger partial charge on any atom is 0.157 e. The smallest absolute Gasteiger partial charge is 0.157 e. The van der Waals surface area contributed by atoms with Gasteiger partial charge in [-0.2, -0.15) is 0 Å². The number of hydrogen-bond donors (Lipinski definition) is 0. The van der Waals surface area contributed by atoms with Crippen LogP contribution in [0.15, 0.2) is 40.1 Å². The summed E-state index contributed by atoms with van der Waals surface area (Å²) in [7, 11) is 0. The van der Waals surface area contributed by atoms with Crippen LogP contribution in [0.2, 0.25) is 0 Å². The molecule has 0 atom stereocenters. The largest absolute Gasteiger partial charge is 0.295 e. The average Bonchev–Trinajstić information content (AvgIpc) is 2.84. The van der Waals surface area contributed by atoms with Gasteiger partial charge in [-0.15, -0.1) is 23.5 Å². The molecule has 0 aliphatic carbocycles. The van der Waals surface area contributed by atoms with E-state index in [9.17, 15) is 4.79 Å². The highest BCUT2D eigenvalue weighted by Gasteiger charge is 2.17. The van der Waals surface area contributed by atoms with Crippen LogP contribution in [0.25, 0.3) is 0 Å². The highest BCUT2D eigenvalue weighted by Crippen LogP contribution is 2.40. The molecule has 0 unspecified atom stereocenters. The van der Waals surface area contributed by atoms with Crippen LogP contribution in [0.4, 0.5) is 0 Å². The van der Waals surface area contributed by atoms with Gasteiger partial charge in [0.2, 0.25) is 0 Å². The molecule has 89 valence electrons. The molecule has 2 rings (SSSR count). The average molecular weight is 263 g/mol. The quantitative estimate of drug-likeness (QED) is 0.767. The van der Waals surface area contributed by atoms with Crippen LogP contribution >= 0.6 is 23.5 Å². The first-order chi connectivity index (χ1) is 8.27. The highest BCUT2D eigenvalue weighted by molar-refractivity contribution is 8.25. The minimum absolute atomic E-state index is 0.203. The van der Waals surface area contributed by atoms with Gasteiger partial charge in [0.1, 0.15) is 0 Å². The van der Waals surface area contributed by atoms with Gasteiger partial charge in [-0.05, 0) is 25.3 Å². The first kappa shape index (κ1) is 12.8. The Morgan fingerprint density at radius 1 is 1.24 bits per heavy atom. The van der Waals surface area contributed by atoms with Gasteiger partial charge in [0, 0.05) is 21.3 Å². The fraction of sp³-hybridized carbons (Fsp3) is 0.286. The molecule has 0 N–H and O–H groups in total. The van der Waals surface area contributed by atoms with Crippen molar-refractivity contribution in [1.29, 1.82) is 0 Å². The van der Waals surface area contributed by atoms with Crippen LogP contribution in [-0.4, -0.2) is 17.3 Å². The maximum absolute atomic E-state index is 11.6. The van der Waals surface area contributed by atoms with Crippen molar-refractivity contribution < 1.29 is 4.79 Å². The van der Waals surface area contributed by atoms with Crippen LogP contribution in [0.5, 0.6) is 0 Å². The summed E-state index contributed by atoms with van der Waals surface area (Å²) in [6, 6.07) is 10.2. The Morgan fingerprint density at radius 3 is 2.47 bits per heavy atom. The molecule has 17 heavy (non-hydrogen) atoms. The van der Waals surface area contributed by atoms with E-state index in [4.69, 9.17) is 0 Å². The molecule has 1 aromatic rings. The molecule has 0 bridgehead atoms. The Bertz CT molecular complexity index is 415. The molecule has 3 heteroatoms. The second-order valence-electron chi connectivity index (χ2n) is 3.84. The molecule has 1 aliphatic heterocycles. The van der Waals surface area contributed by atoms with E-state index in [1.165, 1.54) is 9.80 Å². The molecule has 0 aromatic heterocycles. The van der Waals surface area contributed by atoms with Gasteiger partial charge in [-0.1, -0.05) is 30.3 Å². The lowest BCUT2D eigenvalue weighted by atomic mass is 10.0. The van der Waals surface area contributed by atoms with Gasteiger partial charge >= 0.3 is 0 Å². The van der Waals surface area contributed by atoms with E-state index in [1.807, 2.05) is 41.7 Å². The van der Waals surface area contributed by atoms with E-state index < -0.39 is 0 Å². The second-order valence-corrected chi connectivity index (χ2v) is 6.31. The zero-order chi connectivity index (χ0) is 12.1. The number of carbonyl (C=O) groups is 1. The summed E-state index contributed by atoms with van der Waals surface area (Å²) in [5, 5.41) is 0. The zero-order valence-electron chi connectivity index (χ0n) is 9.81. The molecule has 0 amide bonds. The monoisotopic (exact) mass is 263 g/mol. The number of thioether (sulfide) groups is 2. The summed E-state index contributed by atoms with van der Waals surface area (Å²) in [6.07, 6.45) is 2.87. The highest BCUT2D eigenvalue weighted by atomic mass is 32.2. The van der Waals surface area contributed by atoms with E-state index in [2.05, 4.69) is 18.6 Å². The first-order valence-corrected chi connectivity index (χ1v) is 7.62. The van der Waals surface area contributed by atoms with Crippen molar-refractivity contribution >= 4 is 29.3 Å². The van der Waals surface area contributed by atoms with Crippen molar-refractivity contribution in [3.8, 4) is 0 Å². The second kappa shape index (κ2) is 6.31. The third-order valence-corrected chi connectivity index (χ3v) is 5.36. The van der Waals surface area contributed by atoms with Crippen LogP contribution in [0.1, 0.15) is 18.9 Å². The van der Waals surface area contributed by atoms with Gasteiger partial charge in [-0.25, -0.2) is 0 Å². The Kier molecular flexibility index (Phi) is 4.75. The van der Waals surface area contributed by atoms with Gasteiger partial charge in [-0.3, -0.25) is 4.79 Å². The molecule has 0 saturated carbocycles. The first-order valence-electron chi connectivity index (χ1n) is 5.65. The van der Waals surface area contributed by atoms with E-state index in [-0.39, 0.29) is 5.78 Å². The molecular weight excluding hydrogens is 248 g/mol. The van der Waals surface area contributed by atoms with Crippen LogP contribution in [0.3, 0.4) is 0 Å². The van der Waals surface area contributed by atoms with Crippen molar-refractivity contribution in [1.82, 2.24) is 0 Å². The molecule has 1 nitrogen and oxygen atoms in total. The number of hydrogen-bond acceptors (Lipinski definition) is 3. The molecule has 1 heterocycles. The van der Waals surface area contributed by atoms with E-state index >= 15 is 0 Å². The molecule has 1 saturated heterocycles. The molecule has 1 radical (unpaired) electrons. The van der Waals surface area contributed by atoms with E-state index in [1.54, 1.807) is 6.92 Å². The summed E-state index contributed by atoms with van der Waals surface area (Å²) >= 11 is 3.63. The number of allylic oxidation sites excluding steroid dienone is 1. The van der Waals surface area contributed by atoms with Crippen LogP contribution < -0.4 is 0 Å². The minimum atomic E-state index is 0.203. The van der Waals surface area contributed by atoms with E-state index in [0.29, 0.717) is 0 Å². The summed E-state index contributed by atoms with van der Waals surface area (Å²) in [4.78, 5) is 11.6. The third kappa shape index (κ3) is 3.65. The molecule has 1 aliphatic rings. The normalized spacial score (nSPS) is 15.0. The predicted octanol–water partition coefficient (Wildman–Crippen LogP) is 3.91. The van der Waals surface area contributed by atoms with Gasteiger partial charge in [0.25, 0.3) is 0 Å². The Hall–Kier alpha value is -0.670. The lowest BCUT2D eigenvalue weighted by Crippen LogP contribution is -1.99. The van der Waals surface area contributed by atoms with Gasteiger partial charge in [0.05, 0.1) is 0 Å². The predicted molar refractivity (Wildman–Crippen MR) is 77.1 cm³/mol. The minimum Gasteiger partial charge on any atom is -0.295 e. The van der Waals surface area contributed by atoms with Crippen molar-refractivity contribution in [2.75, 3.05) is 11.5 Å². The van der Waals surface area contributed by atoms with Gasteiger partial charge in [0.15, 0.2) is 5.78 Å². The van der Waals surface area contributed by atoms with Gasteiger partial charge < -0.3 is 0 Å². The summed E-state index contributed by atoms with van der Waals surface area (Å²) in [5.41, 5.74) is 2.15. The van der Waals surface area contributed by atoms with Crippen LogP contribution in [-0.2, 0) is 4.79 Å². The zero-order valence-corrected chi connectivity index (χ0v) is 11.4. The fourth-order valence-corrected chi connectivity index (χ4v) is 4.34. The molecule has 0 spiro atoms. The number of benzene rings is 1. The number of rotatable bonds is 4. The summed E-state index contributed by atoms with van der Waals surface area (Å²) < 4.78 is 1.23. The molecule has 1 aromatic carbocycles. The Labute approximate surface area is 111 Å². The van der Waals surface area contributed by atoms with Crippen molar-refractivity contribution in [2.45, 2.75) is 13.3 Å². The fourth-order valence-electron chi connectivity index (χ4n) is 1.66. The third-order valence-electron chi connectivity index (χ3n) is 2.56. The van der Waals surface area contributed by atoms with Crippen molar-refractivity contribution in [3.63, 3.8) is 0 Å². The Morgan fingerprint density at radius 2 is 1.88 bits per heavy atom. The Balaban J connectivity index is 2.05. The number of ketones is 1.